The smallest absolute Gasteiger partial charge is 0.191 e. The van der Waals surface area contributed by atoms with Crippen molar-refractivity contribution in [2.45, 2.75) is 26.8 Å². The summed E-state index contributed by atoms with van der Waals surface area (Å²) >= 11 is 0. The molecule has 0 saturated heterocycles. The van der Waals surface area contributed by atoms with Gasteiger partial charge in [0.15, 0.2) is 5.96 Å². The second-order valence-corrected chi connectivity index (χ2v) is 5.37. The minimum Gasteiger partial charge on any atom is -0.383 e. The van der Waals surface area contributed by atoms with Crippen molar-refractivity contribution >= 4 is 11.6 Å². The van der Waals surface area contributed by atoms with E-state index in [0.29, 0.717) is 6.61 Å². The van der Waals surface area contributed by atoms with Gasteiger partial charge in [-0.15, -0.1) is 0 Å². The Morgan fingerprint density at radius 1 is 1.36 bits per heavy atom. The summed E-state index contributed by atoms with van der Waals surface area (Å²) in [6.45, 7) is 9.81. The fraction of sp³-hybridized carbons (Fsp3) is 0.588. The lowest BCUT2D eigenvalue weighted by atomic mass is 10.2. The van der Waals surface area contributed by atoms with E-state index in [-0.39, 0.29) is 6.04 Å². The van der Waals surface area contributed by atoms with Gasteiger partial charge in [0.2, 0.25) is 0 Å². The van der Waals surface area contributed by atoms with Gasteiger partial charge in [0, 0.05) is 45.5 Å². The maximum absolute atomic E-state index is 5.13. The molecule has 1 aromatic carbocycles. The molecule has 0 aliphatic heterocycles. The van der Waals surface area contributed by atoms with Crippen molar-refractivity contribution in [1.29, 1.82) is 0 Å². The van der Waals surface area contributed by atoms with E-state index in [2.05, 4.69) is 65.6 Å². The maximum atomic E-state index is 5.13. The average molecular weight is 306 g/mol. The van der Waals surface area contributed by atoms with E-state index in [1.54, 1.807) is 14.2 Å². The number of methoxy groups -OCH3 is 1. The predicted molar refractivity (Wildman–Crippen MR) is 94.9 cm³/mol. The largest absolute Gasteiger partial charge is 0.383 e. The van der Waals surface area contributed by atoms with E-state index >= 15 is 0 Å². The molecule has 0 fully saturated rings. The van der Waals surface area contributed by atoms with Crippen LogP contribution in [0.3, 0.4) is 0 Å². The van der Waals surface area contributed by atoms with Gasteiger partial charge in [0.25, 0.3) is 0 Å². The number of guanidine groups is 1. The maximum Gasteiger partial charge on any atom is 0.191 e. The fourth-order valence-corrected chi connectivity index (χ4v) is 2.40. The van der Waals surface area contributed by atoms with Crippen LogP contribution < -0.4 is 15.5 Å². The third-order valence-corrected chi connectivity index (χ3v) is 3.54. The molecular formula is C17H30N4O. The van der Waals surface area contributed by atoms with Crippen LogP contribution in [0.25, 0.3) is 0 Å². The molecule has 1 unspecified atom stereocenters. The topological polar surface area (TPSA) is 48.9 Å². The van der Waals surface area contributed by atoms with E-state index in [1.807, 2.05) is 0 Å². The molecule has 0 radical (unpaired) electrons. The normalized spacial score (nSPS) is 12.9. The van der Waals surface area contributed by atoms with Crippen molar-refractivity contribution in [3.05, 3.63) is 29.8 Å². The van der Waals surface area contributed by atoms with Crippen molar-refractivity contribution in [2.75, 3.05) is 45.3 Å². The van der Waals surface area contributed by atoms with Crippen molar-refractivity contribution in [1.82, 2.24) is 10.6 Å². The number of hydrogen-bond acceptors (Lipinski definition) is 3. The number of benzene rings is 1. The first-order valence-electron chi connectivity index (χ1n) is 7.89. The predicted octanol–water partition coefficient (Wildman–Crippen LogP) is 2.02. The van der Waals surface area contributed by atoms with Crippen LogP contribution in [0.5, 0.6) is 0 Å². The van der Waals surface area contributed by atoms with Crippen molar-refractivity contribution < 1.29 is 4.74 Å². The molecule has 2 N–H and O–H groups in total. The molecule has 0 spiro atoms. The summed E-state index contributed by atoms with van der Waals surface area (Å²) < 4.78 is 5.13. The van der Waals surface area contributed by atoms with Crippen LogP contribution in [0.2, 0.25) is 0 Å². The van der Waals surface area contributed by atoms with E-state index in [9.17, 15) is 0 Å². The monoisotopic (exact) mass is 306 g/mol. The zero-order chi connectivity index (χ0) is 16.4. The van der Waals surface area contributed by atoms with Gasteiger partial charge in [-0.25, -0.2) is 0 Å². The summed E-state index contributed by atoms with van der Waals surface area (Å²) in [5.74, 6) is 0.811. The summed E-state index contributed by atoms with van der Waals surface area (Å²) in [7, 11) is 3.49. The minimum absolute atomic E-state index is 0.231. The Labute approximate surface area is 134 Å². The zero-order valence-electron chi connectivity index (χ0n) is 14.5. The van der Waals surface area contributed by atoms with Gasteiger partial charge in [0.05, 0.1) is 6.61 Å². The zero-order valence-corrected chi connectivity index (χ0v) is 14.5. The van der Waals surface area contributed by atoms with Crippen molar-refractivity contribution in [3.63, 3.8) is 0 Å². The number of ether oxygens (including phenoxy) is 1. The number of aryl methyl sites for hydroxylation is 1. The van der Waals surface area contributed by atoms with Gasteiger partial charge in [-0.2, -0.15) is 0 Å². The van der Waals surface area contributed by atoms with Gasteiger partial charge in [-0.1, -0.05) is 18.2 Å². The molecule has 1 rings (SSSR count). The molecule has 0 bridgehead atoms. The average Bonchev–Trinajstić information content (AvgIpc) is 2.51. The molecule has 0 aliphatic carbocycles. The minimum atomic E-state index is 0.231. The van der Waals surface area contributed by atoms with Gasteiger partial charge < -0.3 is 20.3 Å². The molecular weight excluding hydrogens is 276 g/mol. The highest BCUT2D eigenvalue weighted by molar-refractivity contribution is 5.79. The summed E-state index contributed by atoms with van der Waals surface area (Å²) in [6.07, 6.45) is 0. The van der Waals surface area contributed by atoms with E-state index < -0.39 is 0 Å². The van der Waals surface area contributed by atoms with Gasteiger partial charge >= 0.3 is 0 Å². The number of likely N-dealkylation sites (N-methyl/N-ethyl adjacent to an activating group) is 1. The first kappa shape index (κ1) is 18.3. The lowest BCUT2D eigenvalue weighted by Gasteiger charge is -2.26. The summed E-state index contributed by atoms with van der Waals surface area (Å²) in [5, 5.41) is 6.66. The molecule has 5 heteroatoms. The molecule has 5 nitrogen and oxygen atoms in total. The molecule has 0 amide bonds. The van der Waals surface area contributed by atoms with Crippen LogP contribution in [0.1, 0.15) is 19.4 Å². The SMILES string of the molecule is CCN(CCNC(=NC)NC(C)COC)c1ccccc1C. The molecule has 0 aliphatic rings. The summed E-state index contributed by atoms with van der Waals surface area (Å²) in [4.78, 5) is 6.61. The Hall–Kier alpha value is -1.75. The van der Waals surface area contributed by atoms with Gasteiger partial charge in [0.1, 0.15) is 0 Å². The second kappa shape index (κ2) is 10.1. The van der Waals surface area contributed by atoms with Crippen LogP contribution in [0.4, 0.5) is 5.69 Å². The van der Waals surface area contributed by atoms with Crippen LogP contribution in [0, 0.1) is 6.92 Å². The highest BCUT2D eigenvalue weighted by atomic mass is 16.5. The number of nitrogens with one attached hydrogen (secondary N) is 2. The number of para-hydroxylation sites is 1. The first-order chi connectivity index (χ1) is 10.6. The van der Waals surface area contributed by atoms with E-state index in [0.717, 1.165) is 25.6 Å². The molecule has 1 aromatic rings. The van der Waals surface area contributed by atoms with Crippen molar-refractivity contribution in [2.24, 2.45) is 4.99 Å². The standard InChI is InChI=1S/C17H30N4O/c1-6-21(16-10-8-7-9-14(16)2)12-11-19-17(18-4)20-15(3)13-22-5/h7-10,15H,6,11-13H2,1-5H3,(H2,18,19,20). The van der Waals surface area contributed by atoms with Crippen LogP contribution in [-0.4, -0.2) is 52.4 Å². The Bertz CT molecular complexity index is 462. The highest BCUT2D eigenvalue weighted by Crippen LogP contribution is 2.18. The van der Waals surface area contributed by atoms with Crippen LogP contribution >= 0.6 is 0 Å². The number of hydrogen-bond donors (Lipinski definition) is 2. The van der Waals surface area contributed by atoms with E-state index in [1.165, 1.54) is 11.3 Å². The Morgan fingerprint density at radius 2 is 2.09 bits per heavy atom. The molecule has 22 heavy (non-hydrogen) atoms. The third-order valence-electron chi connectivity index (χ3n) is 3.54. The lowest BCUT2D eigenvalue weighted by Crippen LogP contribution is -2.46. The van der Waals surface area contributed by atoms with Crippen LogP contribution in [0.15, 0.2) is 29.3 Å². The van der Waals surface area contributed by atoms with E-state index in [4.69, 9.17) is 4.74 Å². The van der Waals surface area contributed by atoms with Crippen LogP contribution in [-0.2, 0) is 4.74 Å². The highest BCUT2D eigenvalue weighted by Gasteiger charge is 2.08. The Morgan fingerprint density at radius 3 is 2.68 bits per heavy atom. The summed E-state index contributed by atoms with van der Waals surface area (Å²) in [5.41, 5.74) is 2.60. The molecule has 124 valence electrons. The van der Waals surface area contributed by atoms with Gasteiger partial charge in [-0.05, 0) is 32.4 Å². The molecule has 0 heterocycles. The Kier molecular flexibility index (Phi) is 8.36. The molecule has 0 saturated carbocycles. The number of rotatable bonds is 8. The number of aliphatic imine (C=N–C) groups is 1. The second-order valence-electron chi connectivity index (χ2n) is 5.37. The third kappa shape index (κ3) is 5.93. The molecule has 1 atom stereocenters. The first-order valence-corrected chi connectivity index (χ1v) is 7.89. The quantitative estimate of drug-likeness (QED) is 0.570. The number of nitrogens with zero attached hydrogens (tertiary/aromatic N) is 2. The molecule has 0 aromatic heterocycles. The Balaban J connectivity index is 2.48. The number of anilines is 1. The lowest BCUT2D eigenvalue weighted by molar-refractivity contribution is 0.179. The summed E-state index contributed by atoms with van der Waals surface area (Å²) in [6, 6.07) is 8.72. The fourth-order valence-electron chi connectivity index (χ4n) is 2.40. The van der Waals surface area contributed by atoms with Crippen molar-refractivity contribution in [3.8, 4) is 0 Å². The van der Waals surface area contributed by atoms with Gasteiger partial charge in [-0.3, -0.25) is 4.99 Å².